The first-order valence-corrected chi connectivity index (χ1v) is 7.61. The van der Waals surface area contributed by atoms with Crippen molar-refractivity contribution in [2.75, 3.05) is 17.7 Å². The lowest BCUT2D eigenvalue weighted by molar-refractivity contribution is -0.113. The molecule has 0 unspecified atom stereocenters. The summed E-state index contributed by atoms with van der Waals surface area (Å²) in [5.74, 6) is 0.812. The maximum Gasteiger partial charge on any atom is 0.234 e. The van der Waals surface area contributed by atoms with E-state index in [0.29, 0.717) is 23.2 Å². The molecule has 0 fully saturated rings. The summed E-state index contributed by atoms with van der Waals surface area (Å²) in [5, 5.41) is 3.44. The Bertz CT molecular complexity index is 619. The lowest BCUT2D eigenvalue weighted by atomic mass is 10.3. The molecule has 1 aromatic heterocycles. The quantitative estimate of drug-likeness (QED) is 0.656. The first kappa shape index (κ1) is 15.3. The van der Waals surface area contributed by atoms with Gasteiger partial charge in [-0.1, -0.05) is 23.9 Å². The molecule has 0 radical (unpaired) electrons. The Labute approximate surface area is 128 Å². The molecule has 2 aromatic rings. The third-order valence-electron chi connectivity index (χ3n) is 2.57. The normalized spacial score (nSPS) is 10.2. The first-order chi connectivity index (χ1) is 10.2. The van der Waals surface area contributed by atoms with Gasteiger partial charge in [0.05, 0.1) is 18.0 Å². The van der Waals surface area contributed by atoms with Crippen molar-refractivity contribution in [3.05, 3.63) is 42.2 Å². The molecule has 21 heavy (non-hydrogen) atoms. The van der Waals surface area contributed by atoms with Gasteiger partial charge in [-0.25, -0.2) is 9.97 Å². The number of aryl methyl sites for hydroxylation is 1. The third kappa shape index (κ3) is 4.75. The van der Waals surface area contributed by atoms with Gasteiger partial charge in [-0.2, -0.15) is 0 Å². The van der Waals surface area contributed by atoms with Gasteiger partial charge in [0.2, 0.25) is 5.91 Å². The highest BCUT2D eigenvalue weighted by molar-refractivity contribution is 7.99. The Morgan fingerprint density at radius 2 is 2.14 bits per heavy atom. The number of aromatic nitrogens is 2. The molecule has 1 N–H and O–H groups in total. The Balaban J connectivity index is 1.93. The van der Waals surface area contributed by atoms with Crippen molar-refractivity contribution in [3.63, 3.8) is 0 Å². The molecule has 0 saturated heterocycles. The summed E-state index contributed by atoms with van der Waals surface area (Å²) in [6.07, 6.45) is 1.69. The fraction of sp³-hybridized carbons (Fsp3) is 0.267. The molecule has 0 atom stereocenters. The van der Waals surface area contributed by atoms with Gasteiger partial charge in [-0.15, -0.1) is 0 Å². The zero-order chi connectivity index (χ0) is 15.1. The van der Waals surface area contributed by atoms with Gasteiger partial charge in [0.1, 0.15) is 5.75 Å². The van der Waals surface area contributed by atoms with Gasteiger partial charge < -0.3 is 10.1 Å². The Hall–Kier alpha value is -2.08. The lowest BCUT2D eigenvalue weighted by Crippen LogP contribution is -2.15. The van der Waals surface area contributed by atoms with Crippen LogP contribution in [-0.4, -0.2) is 28.2 Å². The number of benzene rings is 1. The Morgan fingerprint density at radius 3 is 2.90 bits per heavy atom. The van der Waals surface area contributed by atoms with Crippen molar-refractivity contribution in [1.29, 1.82) is 0 Å². The second-order valence-corrected chi connectivity index (χ2v) is 5.19. The van der Waals surface area contributed by atoms with Gasteiger partial charge in [-0.05, 0) is 32.0 Å². The van der Waals surface area contributed by atoms with Gasteiger partial charge in [0.15, 0.2) is 5.16 Å². The predicted molar refractivity (Wildman–Crippen MR) is 83.7 cm³/mol. The summed E-state index contributed by atoms with van der Waals surface area (Å²) in [7, 11) is 0. The summed E-state index contributed by atoms with van der Waals surface area (Å²) in [4.78, 5) is 20.3. The highest BCUT2D eigenvalue weighted by Crippen LogP contribution is 2.24. The average molecular weight is 303 g/mol. The number of nitrogens with one attached hydrogen (secondary N) is 1. The van der Waals surface area contributed by atoms with E-state index in [4.69, 9.17) is 4.74 Å². The number of hydrogen-bond acceptors (Lipinski definition) is 5. The van der Waals surface area contributed by atoms with Crippen LogP contribution in [0.4, 0.5) is 5.69 Å². The molecule has 5 nitrogen and oxygen atoms in total. The zero-order valence-corrected chi connectivity index (χ0v) is 12.8. The number of para-hydroxylation sites is 2. The van der Waals surface area contributed by atoms with Gasteiger partial charge >= 0.3 is 0 Å². The molecule has 2 rings (SSSR count). The van der Waals surface area contributed by atoms with Gasteiger partial charge in [-0.3, -0.25) is 4.79 Å². The minimum Gasteiger partial charge on any atom is -0.492 e. The monoisotopic (exact) mass is 303 g/mol. The van der Waals surface area contributed by atoms with E-state index >= 15 is 0 Å². The molecular weight excluding hydrogens is 286 g/mol. The first-order valence-electron chi connectivity index (χ1n) is 6.63. The highest BCUT2D eigenvalue weighted by atomic mass is 32.2. The number of carbonyl (C=O) groups excluding carboxylic acids is 1. The molecule has 0 saturated carbocycles. The van der Waals surface area contributed by atoms with Crippen LogP contribution in [0.15, 0.2) is 41.7 Å². The molecule has 6 heteroatoms. The van der Waals surface area contributed by atoms with Crippen LogP contribution < -0.4 is 10.1 Å². The van der Waals surface area contributed by atoms with E-state index in [-0.39, 0.29) is 11.7 Å². The molecular formula is C15H17N3O2S. The van der Waals surface area contributed by atoms with Crippen LogP contribution >= 0.6 is 11.8 Å². The van der Waals surface area contributed by atoms with Crippen LogP contribution in [0.25, 0.3) is 0 Å². The zero-order valence-electron chi connectivity index (χ0n) is 12.0. The van der Waals surface area contributed by atoms with Crippen LogP contribution in [-0.2, 0) is 4.79 Å². The average Bonchev–Trinajstić information content (AvgIpc) is 2.48. The minimum absolute atomic E-state index is 0.114. The Morgan fingerprint density at radius 1 is 1.33 bits per heavy atom. The van der Waals surface area contributed by atoms with Crippen molar-refractivity contribution in [2.24, 2.45) is 0 Å². The van der Waals surface area contributed by atoms with Crippen molar-refractivity contribution in [3.8, 4) is 5.75 Å². The van der Waals surface area contributed by atoms with Crippen molar-refractivity contribution in [1.82, 2.24) is 9.97 Å². The second-order valence-electron chi connectivity index (χ2n) is 4.25. The van der Waals surface area contributed by atoms with E-state index in [0.717, 1.165) is 5.69 Å². The maximum atomic E-state index is 12.0. The van der Waals surface area contributed by atoms with Crippen LogP contribution in [0.1, 0.15) is 12.6 Å². The largest absolute Gasteiger partial charge is 0.492 e. The molecule has 0 aliphatic carbocycles. The van der Waals surface area contributed by atoms with E-state index < -0.39 is 0 Å². The van der Waals surface area contributed by atoms with E-state index in [9.17, 15) is 4.79 Å². The van der Waals surface area contributed by atoms with Crippen molar-refractivity contribution in [2.45, 2.75) is 19.0 Å². The van der Waals surface area contributed by atoms with Crippen molar-refractivity contribution >= 4 is 23.4 Å². The number of carbonyl (C=O) groups is 1. The molecule has 1 aromatic carbocycles. The molecule has 0 bridgehead atoms. The van der Waals surface area contributed by atoms with E-state index in [1.54, 1.807) is 6.20 Å². The van der Waals surface area contributed by atoms with Crippen LogP contribution in [0.2, 0.25) is 0 Å². The number of anilines is 1. The molecule has 1 amide bonds. The standard InChI is InChI=1S/C15H17N3O2S/c1-3-20-13-7-5-4-6-12(13)18-14(19)10-21-15-16-9-8-11(2)17-15/h4-9H,3,10H2,1-2H3,(H,18,19). The number of ether oxygens (including phenoxy) is 1. The maximum absolute atomic E-state index is 12.0. The Kier molecular flexibility index (Phi) is 5.57. The van der Waals surface area contributed by atoms with Gasteiger partial charge in [0.25, 0.3) is 0 Å². The predicted octanol–water partition coefficient (Wildman–Crippen LogP) is 2.91. The molecule has 0 aliphatic heterocycles. The van der Waals surface area contributed by atoms with Crippen LogP contribution in [0.5, 0.6) is 5.75 Å². The van der Waals surface area contributed by atoms with Crippen molar-refractivity contribution < 1.29 is 9.53 Å². The molecule has 1 heterocycles. The SMILES string of the molecule is CCOc1ccccc1NC(=O)CSc1nccc(C)n1. The summed E-state index contributed by atoms with van der Waals surface area (Å²) >= 11 is 1.31. The number of thioether (sulfide) groups is 1. The van der Waals surface area contributed by atoms with Crippen LogP contribution in [0.3, 0.4) is 0 Å². The summed E-state index contributed by atoms with van der Waals surface area (Å²) in [6, 6.07) is 9.19. The number of rotatable bonds is 6. The summed E-state index contributed by atoms with van der Waals surface area (Å²) in [5.41, 5.74) is 1.56. The van der Waals surface area contributed by atoms with Gasteiger partial charge in [0, 0.05) is 11.9 Å². The van der Waals surface area contributed by atoms with E-state index in [1.165, 1.54) is 11.8 Å². The molecule has 0 spiro atoms. The number of hydrogen-bond donors (Lipinski definition) is 1. The number of nitrogens with zero attached hydrogens (tertiary/aromatic N) is 2. The third-order valence-corrected chi connectivity index (χ3v) is 3.43. The smallest absolute Gasteiger partial charge is 0.234 e. The lowest BCUT2D eigenvalue weighted by Gasteiger charge is -2.10. The van der Waals surface area contributed by atoms with E-state index in [1.807, 2.05) is 44.2 Å². The van der Waals surface area contributed by atoms with E-state index in [2.05, 4.69) is 15.3 Å². The van der Waals surface area contributed by atoms with Crippen LogP contribution in [0, 0.1) is 6.92 Å². The summed E-state index contributed by atoms with van der Waals surface area (Å²) in [6.45, 7) is 4.35. The highest BCUT2D eigenvalue weighted by Gasteiger charge is 2.08. The topological polar surface area (TPSA) is 64.1 Å². The number of amides is 1. The fourth-order valence-corrected chi connectivity index (χ4v) is 2.34. The molecule has 0 aliphatic rings. The second kappa shape index (κ2) is 7.64. The molecule has 110 valence electrons. The minimum atomic E-state index is -0.114. The fourth-order valence-electron chi connectivity index (χ4n) is 1.66. The summed E-state index contributed by atoms with van der Waals surface area (Å²) < 4.78 is 5.47.